The fourth-order valence-electron chi connectivity index (χ4n) is 4.96. The third kappa shape index (κ3) is 3.77. The van der Waals surface area contributed by atoms with Gasteiger partial charge in [-0.2, -0.15) is 0 Å². The molecule has 0 spiro atoms. The number of carboxylic acids is 1. The van der Waals surface area contributed by atoms with Crippen molar-refractivity contribution in [3.63, 3.8) is 0 Å². The van der Waals surface area contributed by atoms with E-state index in [4.69, 9.17) is 16.6 Å². The number of benzene rings is 1. The number of hydrogen-bond donors (Lipinski definition) is 2. The lowest BCUT2D eigenvalue weighted by Crippen LogP contribution is -2.40. The molecule has 2 aromatic heterocycles. The van der Waals surface area contributed by atoms with Gasteiger partial charge in [0.15, 0.2) is 5.11 Å². The highest BCUT2D eigenvalue weighted by Crippen LogP contribution is 2.43. The average Bonchev–Trinajstić information content (AvgIpc) is 3.44. The molecule has 6 nitrogen and oxygen atoms in total. The van der Waals surface area contributed by atoms with Crippen LogP contribution in [-0.4, -0.2) is 32.1 Å². The molecule has 2 atom stereocenters. The molecule has 1 aromatic carbocycles. The summed E-state index contributed by atoms with van der Waals surface area (Å²) < 4.78 is 6.33. The van der Waals surface area contributed by atoms with Crippen molar-refractivity contribution in [1.29, 1.82) is 0 Å². The van der Waals surface area contributed by atoms with Gasteiger partial charge in [0.25, 0.3) is 0 Å². The molecule has 1 saturated carbocycles. The minimum absolute atomic E-state index is 0.139. The van der Waals surface area contributed by atoms with Gasteiger partial charge in [0.2, 0.25) is 0 Å². The number of nitrogens with zero attached hydrogens (tertiary/aromatic N) is 2. The van der Waals surface area contributed by atoms with Gasteiger partial charge >= 0.3 is 5.97 Å². The highest BCUT2D eigenvalue weighted by Gasteiger charge is 2.44. The molecular formula is C25H25N3O3S. The molecule has 0 bridgehead atoms. The monoisotopic (exact) mass is 447 g/mol. The maximum absolute atomic E-state index is 11.7. The Bertz CT molecular complexity index is 1120. The lowest BCUT2D eigenvalue weighted by molar-refractivity contribution is 0.0697. The number of carbonyl (C=O) groups is 1. The number of rotatable bonds is 5. The molecule has 2 fully saturated rings. The zero-order chi connectivity index (χ0) is 22.1. The molecule has 5 rings (SSSR count). The molecule has 1 saturated heterocycles. The minimum atomic E-state index is -0.975. The quantitative estimate of drug-likeness (QED) is 0.511. The van der Waals surface area contributed by atoms with E-state index < -0.39 is 5.97 Å². The van der Waals surface area contributed by atoms with Crippen molar-refractivity contribution in [2.24, 2.45) is 0 Å². The largest absolute Gasteiger partial charge is 0.478 e. The molecule has 0 radical (unpaired) electrons. The Hall–Kier alpha value is -3.19. The van der Waals surface area contributed by atoms with Gasteiger partial charge in [-0.3, -0.25) is 4.98 Å². The van der Waals surface area contributed by atoms with Crippen LogP contribution in [0.5, 0.6) is 0 Å². The summed E-state index contributed by atoms with van der Waals surface area (Å²) in [4.78, 5) is 18.6. The third-order valence-corrected chi connectivity index (χ3v) is 6.77. The fourth-order valence-corrected chi connectivity index (χ4v) is 5.35. The number of thiocarbonyl (C=S) groups is 1. The summed E-state index contributed by atoms with van der Waals surface area (Å²) in [6.45, 7) is 0. The van der Waals surface area contributed by atoms with Gasteiger partial charge < -0.3 is 19.7 Å². The topological polar surface area (TPSA) is 78.6 Å². The van der Waals surface area contributed by atoms with Crippen LogP contribution in [0.25, 0.3) is 11.3 Å². The zero-order valence-corrected chi connectivity index (χ0v) is 18.4. The summed E-state index contributed by atoms with van der Waals surface area (Å²) in [5.41, 5.74) is 1.69. The Morgan fingerprint density at radius 1 is 1.06 bits per heavy atom. The van der Waals surface area contributed by atoms with Crippen LogP contribution in [0.15, 0.2) is 65.2 Å². The first kappa shape index (κ1) is 20.7. The van der Waals surface area contributed by atoms with E-state index >= 15 is 0 Å². The summed E-state index contributed by atoms with van der Waals surface area (Å²) in [6.07, 6.45) is 7.64. The van der Waals surface area contributed by atoms with Gasteiger partial charge in [-0.25, -0.2) is 4.79 Å². The van der Waals surface area contributed by atoms with Crippen LogP contribution in [0.1, 0.15) is 66.0 Å². The maximum atomic E-state index is 11.7. The van der Waals surface area contributed by atoms with E-state index in [0.717, 1.165) is 29.4 Å². The molecule has 164 valence electrons. The standard InChI is InChI=1S/C25H25N3O3S/c29-24(30)18-11-5-4-10-17(18)20-13-14-21(31-20)23-22(19-12-6-7-15-26-19)27-25(32)28(23)16-8-2-1-3-9-16/h4-7,10-16,22-23H,1-3,8-9H2,(H,27,32)(H,29,30). The Morgan fingerprint density at radius 3 is 2.59 bits per heavy atom. The lowest BCUT2D eigenvalue weighted by atomic mass is 9.92. The van der Waals surface area contributed by atoms with Gasteiger partial charge in [0.05, 0.1) is 17.3 Å². The Kier molecular flexibility index (Phi) is 5.66. The van der Waals surface area contributed by atoms with Crippen LogP contribution in [-0.2, 0) is 0 Å². The average molecular weight is 448 g/mol. The molecule has 32 heavy (non-hydrogen) atoms. The smallest absolute Gasteiger partial charge is 0.336 e. The van der Waals surface area contributed by atoms with Crippen molar-refractivity contribution >= 4 is 23.3 Å². The van der Waals surface area contributed by atoms with Crippen molar-refractivity contribution < 1.29 is 14.3 Å². The molecule has 3 aromatic rings. The highest BCUT2D eigenvalue weighted by molar-refractivity contribution is 7.80. The number of hydrogen-bond acceptors (Lipinski definition) is 4. The van der Waals surface area contributed by atoms with E-state index in [1.807, 2.05) is 36.4 Å². The zero-order valence-electron chi connectivity index (χ0n) is 17.6. The number of aromatic carboxylic acids is 1. The first-order valence-electron chi connectivity index (χ1n) is 11.1. The Labute approximate surface area is 192 Å². The second-order valence-corrected chi connectivity index (χ2v) is 8.77. The number of carboxylic acid groups (broad SMARTS) is 1. The summed E-state index contributed by atoms with van der Waals surface area (Å²) in [5, 5.41) is 13.8. The van der Waals surface area contributed by atoms with E-state index in [0.29, 0.717) is 17.4 Å². The number of nitrogens with one attached hydrogen (secondary N) is 1. The molecular weight excluding hydrogens is 422 g/mol. The molecule has 7 heteroatoms. The Balaban J connectivity index is 1.56. The van der Waals surface area contributed by atoms with Gasteiger partial charge in [-0.1, -0.05) is 43.5 Å². The predicted octanol–water partition coefficient (Wildman–Crippen LogP) is 5.35. The maximum Gasteiger partial charge on any atom is 0.336 e. The van der Waals surface area contributed by atoms with E-state index in [9.17, 15) is 9.90 Å². The number of pyridine rings is 1. The summed E-state index contributed by atoms with van der Waals surface area (Å²) in [7, 11) is 0. The van der Waals surface area contributed by atoms with E-state index in [2.05, 4.69) is 15.2 Å². The molecule has 2 N–H and O–H groups in total. The SMILES string of the molecule is O=C(O)c1ccccc1-c1ccc(C2C(c3ccccn3)NC(=S)N2C2CCCCC2)o1. The van der Waals surface area contributed by atoms with Crippen LogP contribution in [0, 0.1) is 0 Å². The van der Waals surface area contributed by atoms with Crippen molar-refractivity contribution in [3.8, 4) is 11.3 Å². The lowest BCUT2D eigenvalue weighted by Gasteiger charge is -2.36. The van der Waals surface area contributed by atoms with E-state index in [-0.39, 0.29) is 17.6 Å². The molecule has 1 aliphatic heterocycles. The fraction of sp³-hybridized carbons (Fsp3) is 0.320. The predicted molar refractivity (Wildman–Crippen MR) is 125 cm³/mol. The third-order valence-electron chi connectivity index (χ3n) is 6.44. The van der Waals surface area contributed by atoms with Crippen molar-refractivity contribution in [2.75, 3.05) is 0 Å². The van der Waals surface area contributed by atoms with Crippen LogP contribution < -0.4 is 5.32 Å². The Morgan fingerprint density at radius 2 is 1.84 bits per heavy atom. The summed E-state index contributed by atoms with van der Waals surface area (Å²) in [5.74, 6) is 0.324. The number of aromatic nitrogens is 1. The van der Waals surface area contributed by atoms with Crippen molar-refractivity contribution in [1.82, 2.24) is 15.2 Å². The minimum Gasteiger partial charge on any atom is -0.478 e. The molecule has 0 amide bonds. The van der Waals surface area contributed by atoms with E-state index in [1.165, 1.54) is 19.3 Å². The molecule has 2 aliphatic rings. The highest BCUT2D eigenvalue weighted by atomic mass is 32.1. The second-order valence-electron chi connectivity index (χ2n) is 8.38. The first-order valence-corrected chi connectivity index (χ1v) is 11.5. The van der Waals surface area contributed by atoms with Gasteiger partial charge in [0.1, 0.15) is 17.6 Å². The van der Waals surface area contributed by atoms with Crippen LogP contribution >= 0.6 is 12.2 Å². The normalized spacial score (nSPS) is 21.5. The first-order chi connectivity index (χ1) is 15.6. The molecule has 1 aliphatic carbocycles. The van der Waals surface area contributed by atoms with Gasteiger partial charge in [-0.05, 0) is 55.4 Å². The van der Waals surface area contributed by atoms with Crippen LogP contribution in [0.4, 0.5) is 0 Å². The van der Waals surface area contributed by atoms with Crippen LogP contribution in [0.2, 0.25) is 0 Å². The number of furan rings is 1. The van der Waals surface area contributed by atoms with E-state index in [1.54, 1.807) is 24.4 Å². The van der Waals surface area contributed by atoms with Gasteiger partial charge in [-0.15, -0.1) is 0 Å². The molecule has 2 unspecified atom stereocenters. The summed E-state index contributed by atoms with van der Waals surface area (Å²) >= 11 is 5.80. The van der Waals surface area contributed by atoms with Crippen molar-refractivity contribution in [3.05, 3.63) is 77.8 Å². The summed E-state index contributed by atoms with van der Waals surface area (Å²) in [6, 6.07) is 16.7. The van der Waals surface area contributed by atoms with Crippen LogP contribution in [0.3, 0.4) is 0 Å². The second kappa shape index (κ2) is 8.74. The molecule has 3 heterocycles. The van der Waals surface area contributed by atoms with Crippen molar-refractivity contribution in [2.45, 2.75) is 50.2 Å². The van der Waals surface area contributed by atoms with Gasteiger partial charge in [0, 0.05) is 17.8 Å².